The second-order valence-electron chi connectivity index (χ2n) is 6.34. The Labute approximate surface area is 170 Å². The second-order valence-corrected chi connectivity index (χ2v) is 6.34. The predicted molar refractivity (Wildman–Crippen MR) is 102 cm³/mol. The fourth-order valence-electron chi connectivity index (χ4n) is 2.92. The molecule has 1 amide bonds. The summed E-state index contributed by atoms with van der Waals surface area (Å²) < 4.78 is 52.9. The minimum atomic E-state index is -2.98. The van der Waals surface area contributed by atoms with E-state index in [0.29, 0.717) is 29.0 Å². The van der Waals surface area contributed by atoms with Crippen LogP contribution in [0.5, 0.6) is 11.5 Å². The molecular weight excluding hydrogens is 401 g/mol. The van der Waals surface area contributed by atoms with Crippen LogP contribution in [-0.4, -0.2) is 31.3 Å². The van der Waals surface area contributed by atoms with Gasteiger partial charge < -0.3 is 19.3 Å². The molecule has 6 nitrogen and oxygen atoms in total. The molecule has 0 aliphatic carbocycles. The summed E-state index contributed by atoms with van der Waals surface area (Å²) in [4.78, 5) is 12.7. The smallest absolute Gasteiger partial charge is 0.387 e. The average Bonchev–Trinajstić information content (AvgIpc) is 3.10. The Bertz CT molecular complexity index is 1020. The van der Waals surface area contributed by atoms with Gasteiger partial charge in [0.25, 0.3) is 5.91 Å². The molecule has 0 bridgehead atoms. The summed E-state index contributed by atoms with van der Waals surface area (Å²) in [6, 6.07) is 10.2. The Kier molecular flexibility index (Phi) is 6.61. The van der Waals surface area contributed by atoms with Gasteiger partial charge >= 0.3 is 6.61 Å². The summed E-state index contributed by atoms with van der Waals surface area (Å²) in [6.07, 6.45) is 0.367. The molecule has 2 aromatic carbocycles. The monoisotopic (exact) mass is 420 g/mol. The first-order chi connectivity index (χ1) is 14.4. The quantitative estimate of drug-likeness (QED) is 0.586. The summed E-state index contributed by atoms with van der Waals surface area (Å²) in [6.45, 7) is -1.14. The molecule has 0 unspecified atom stereocenters. The van der Waals surface area contributed by atoms with Crippen molar-refractivity contribution in [1.82, 2.24) is 10.5 Å². The molecule has 0 fully saturated rings. The Morgan fingerprint density at radius 2 is 1.90 bits per heavy atom. The molecule has 30 heavy (non-hydrogen) atoms. The maximum absolute atomic E-state index is 13.2. The third-order valence-electron chi connectivity index (χ3n) is 4.35. The van der Waals surface area contributed by atoms with Crippen LogP contribution in [0.15, 0.2) is 47.0 Å². The highest BCUT2D eigenvalue weighted by molar-refractivity contribution is 6.00. The number of carbonyl (C=O) groups excluding carboxylic acids is 1. The minimum Gasteiger partial charge on any atom is -0.493 e. The van der Waals surface area contributed by atoms with E-state index >= 15 is 0 Å². The lowest BCUT2D eigenvalue weighted by Crippen LogP contribution is -2.26. The number of alkyl halides is 2. The Hall–Kier alpha value is -3.49. The van der Waals surface area contributed by atoms with Crippen LogP contribution in [-0.2, 0) is 6.42 Å². The van der Waals surface area contributed by atoms with Gasteiger partial charge in [-0.15, -0.1) is 0 Å². The molecule has 1 aromatic heterocycles. The van der Waals surface area contributed by atoms with Crippen molar-refractivity contribution in [3.8, 4) is 22.8 Å². The van der Waals surface area contributed by atoms with Crippen molar-refractivity contribution in [1.29, 1.82) is 0 Å². The Morgan fingerprint density at radius 1 is 1.17 bits per heavy atom. The molecule has 0 saturated heterocycles. The number of hydrogen-bond acceptors (Lipinski definition) is 5. The molecule has 9 heteroatoms. The van der Waals surface area contributed by atoms with Gasteiger partial charge in [-0.3, -0.25) is 4.79 Å². The number of methoxy groups -OCH3 is 1. The van der Waals surface area contributed by atoms with Crippen molar-refractivity contribution in [2.45, 2.75) is 20.0 Å². The van der Waals surface area contributed by atoms with E-state index in [9.17, 15) is 18.0 Å². The zero-order valence-electron chi connectivity index (χ0n) is 16.2. The molecular formula is C21H19F3N2O4. The lowest BCUT2D eigenvalue weighted by atomic mass is 10.1. The van der Waals surface area contributed by atoms with E-state index in [4.69, 9.17) is 9.26 Å². The zero-order chi connectivity index (χ0) is 21.7. The van der Waals surface area contributed by atoms with Crippen molar-refractivity contribution >= 4 is 5.91 Å². The number of nitrogens with one attached hydrogen (secondary N) is 1. The molecule has 1 N–H and O–H groups in total. The van der Waals surface area contributed by atoms with Gasteiger partial charge in [-0.1, -0.05) is 11.2 Å². The average molecular weight is 420 g/mol. The van der Waals surface area contributed by atoms with E-state index < -0.39 is 18.3 Å². The highest BCUT2D eigenvalue weighted by Gasteiger charge is 2.21. The molecule has 0 aliphatic rings. The van der Waals surface area contributed by atoms with E-state index in [-0.39, 0.29) is 23.6 Å². The van der Waals surface area contributed by atoms with Crippen LogP contribution in [0.3, 0.4) is 0 Å². The van der Waals surface area contributed by atoms with E-state index in [0.717, 1.165) is 0 Å². The molecule has 0 spiro atoms. The van der Waals surface area contributed by atoms with Gasteiger partial charge in [0.05, 0.1) is 7.11 Å². The first-order valence-electron chi connectivity index (χ1n) is 9.01. The summed E-state index contributed by atoms with van der Waals surface area (Å²) in [5.41, 5.74) is 1.77. The standard InChI is InChI=1S/C21H19F3N2O4/c1-12-18(19(26-30-12)14-4-6-15(22)7-5-14)20(27)25-10-9-13-3-8-16(28-2)17(11-13)29-21(23)24/h3-8,11,21H,9-10H2,1-2H3,(H,25,27). The van der Waals surface area contributed by atoms with Crippen LogP contribution in [0.1, 0.15) is 21.7 Å². The van der Waals surface area contributed by atoms with Crippen molar-refractivity contribution in [2.24, 2.45) is 0 Å². The molecule has 0 radical (unpaired) electrons. The first-order valence-corrected chi connectivity index (χ1v) is 9.01. The number of carbonyl (C=O) groups is 1. The summed E-state index contributed by atoms with van der Waals surface area (Å²) in [5, 5.41) is 6.65. The number of amides is 1. The molecule has 3 rings (SSSR count). The minimum absolute atomic E-state index is 0.0789. The van der Waals surface area contributed by atoms with Crippen molar-refractivity contribution < 1.29 is 32.0 Å². The van der Waals surface area contributed by atoms with Gasteiger partial charge in [0, 0.05) is 12.1 Å². The van der Waals surface area contributed by atoms with Crippen LogP contribution < -0.4 is 14.8 Å². The van der Waals surface area contributed by atoms with Crippen LogP contribution in [0.4, 0.5) is 13.2 Å². The molecule has 0 aliphatic heterocycles. The number of halogens is 3. The number of nitrogens with zero attached hydrogens (tertiary/aromatic N) is 1. The van der Waals surface area contributed by atoms with Crippen LogP contribution in [0, 0.1) is 12.7 Å². The van der Waals surface area contributed by atoms with E-state index in [1.54, 1.807) is 13.0 Å². The van der Waals surface area contributed by atoms with E-state index in [2.05, 4.69) is 15.2 Å². The van der Waals surface area contributed by atoms with Gasteiger partial charge in [-0.2, -0.15) is 8.78 Å². The third kappa shape index (κ3) is 4.91. The number of rotatable bonds is 8. The lowest BCUT2D eigenvalue weighted by molar-refractivity contribution is -0.0512. The van der Waals surface area contributed by atoms with Gasteiger partial charge in [0.2, 0.25) is 0 Å². The van der Waals surface area contributed by atoms with Crippen molar-refractivity contribution in [3.05, 3.63) is 65.2 Å². The Morgan fingerprint density at radius 3 is 2.57 bits per heavy atom. The topological polar surface area (TPSA) is 73.6 Å². The highest BCUT2D eigenvalue weighted by Crippen LogP contribution is 2.30. The fraction of sp³-hybridized carbons (Fsp3) is 0.238. The zero-order valence-corrected chi connectivity index (χ0v) is 16.2. The summed E-state index contributed by atoms with van der Waals surface area (Å²) in [5.74, 6) is -0.383. The highest BCUT2D eigenvalue weighted by atomic mass is 19.3. The maximum Gasteiger partial charge on any atom is 0.387 e. The SMILES string of the molecule is COc1ccc(CCNC(=O)c2c(-c3ccc(F)cc3)noc2C)cc1OC(F)F. The number of ether oxygens (including phenoxy) is 2. The maximum atomic E-state index is 13.2. The van der Waals surface area contributed by atoms with Crippen molar-refractivity contribution in [2.75, 3.05) is 13.7 Å². The molecule has 0 atom stereocenters. The summed E-state index contributed by atoms with van der Waals surface area (Å²) in [7, 11) is 1.35. The second kappa shape index (κ2) is 9.34. The van der Waals surface area contributed by atoms with Crippen LogP contribution in [0.2, 0.25) is 0 Å². The molecule has 1 heterocycles. The summed E-state index contributed by atoms with van der Waals surface area (Å²) >= 11 is 0. The third-order valence-corrected chi connectivity index (χ3v) is 4.35. The van der Waals surface area contributed by atoms with E-state index in [1.165, 1.54) is 43.5 Å². The van der Waals surface area contributed by atoms with Crippen molar-refractivity contribution in [3.63, 3.8) is 0 Å². The fourth-order valence-corrected chi connectivity index (χ4v) is 2.92. The normalized spacial score (nSPS) is 10.9. The van der Waals surface area contributed by atoms with E-state index in [1.807, 2.05) is 0 Å². The predicted octanol–water partition coefficient (Wildman–Crippen LogP) is 4.37. The van der Waals surface area contributed by atoms with Gasteiger partial charge in [0.15, 0.2) is 11.5 Å². The lowest BCUT2D eigenvalue weighted by Gasteiger charge is -2.12. The number of aryl methyl sites for hydroxylation is 1. The first kappa shape index (κ1) is 21.2. The van der Waals surface area contributed by atoms with Crippen LogP contribution in [0.25, 0.3) is 11.3 Å². The Balaban J connectivity index is 1.68. The largest absolute Gasteiger partial charge is 0.493 e. The van der Waals surface area contributed by atoms with Gasteiger partial charge in [0.1, 0.15) is 22.8 Å². The van der Waals surface area contributed by atoms with Gasteiger partial charge in [-0.05, 0) is 55.3 Å². The molecule has 158 valence electrons. The molecule has 0 saturated carbocycles. The van der Waals surface area contributed by atoms with Gasteiger partial charge in [-0.25, -0.2) is 4.39 Å². The number of aromatic nitrogens is 1. The van der Waals surface area contributed by atoms with Crippen LogP contribution >= 0.6 is 0 Å². The molecule has 3 aromatic rings. The number of hydrogen-bond donors (Lipinski definition) is 1. The number of benzene rings is 2.